The minimum Gasteiger partial charge on any atom is -0.388 e. The molecule has 0 saturated heterocycles. The van der Waals surface area contributed by atoms with E-state index in [4.69, 9.17) is 20.4 Å². The fraction of sp³-hybridized carbons (Fsp3) is 0.600. The van der Waals surface area contributed by atoms with Gasteiger partial charge in [0, 0.05) is 13.3 Å². The van der Waals surface area contributed by atoms with Gasteiger partial charge in [0.1, 0.15) is 11.9 Å². The average molecular weight is 519 g/mol. The number of ether oxygens (including phenoxy) is 1. The molecule has 0 fully saturated rings. The van der Waals surface area contributed by atoms with E-state index in [2.05, 4.69) is 22.9 Å². The molecule has 1 rings (SSSR count). The van der Waals surface area contributed by atoms with Crippen molar-refractivity contribution >= 4 is 29.3 Å². The number of alkyl halides is 2. The maximum atomic E-state index is 13.7. The lowest BCUT2D eigenvalue weighted by atomic mass is 9.97. The number of anilines is 1. The number of phosphoric ester groups is 1. The first kappa shape index (κ1) is 27.9. The van der Waals surface area contributed by atoms with E-state index >= 15 is 0 Å². The van der Waals surface area contributed by atoms with Crippen LogP contribution in [0.15, 0.2) is 17.1 Å². The predicted molar refractivity (Wildman–Crippen MR) is 94.5 cm³/mol. The van der Waals surface area contributed by atoms with Crippen LogP contribution in [0.4, 0.5) is 14.6 Å². The van der Waals surface area contributed by atoms with Crippen LogP contribution in [0.2, 0.25) is 0 Å². The third-order valence-corrected chi connectivity index (χ3v) is 7.23. The molecule has 0 radical (unpaired) electrons. The standard InChI is InChI=1S/C10H18F2N3O13P3/c1-25-10(8(11)12,6(16)4-15-3-2-7(13)14-9(15)17)5-26-30(21,22)28-31(23,24)27-29(18,19)20/h2-3,6,8,16H,4-5H2,1H3,(H,21,22)(H,23,24)(H2,13,14,17)(H2,18,19,20)/t6-,10+/m0/s1. The molecule has 180 valence electrons. The molecule has 21 heteroatoms. The molecule has 1 aromatic heterocycles. The summed E-state index contributed by atoms with van der Waals surface area (Å²) in [5, 5.41) is 10.2. The topological polar surface area (TPSA) is 250 Å². The Morgan fingerprint density at radius 3 is 2.23 bits per heavy atom. The Balaban J connectivity index is 3.06. The Morgan fingerprint density at radius 1 is 1.19 bits per heavy atom. The first-order valence-electron chi connectivity index (χ1n) is 7.56. The zero-order valence-electron chi connectivity index (χ0n) is 15.3. The minimum absolute atomic E-state index is 0.199. The molecule has 0 aliphatic rings. The van der Waals surface area contributed by atoms with E-state index in [1.807, 2.05) is 0 Å². The maximum Gasteiger partial charge on any atom is 0.490 e. The van der Waals surface area contributed by atoms with Gasteiger partial charge in [-0.2, -0.15) is 13.6 Å². The number of methoxy groups -OCH3 is 1. The number of rotatable bonds is 12. The number of hydrogen-bond donors (Lipinski definition) is 6. The fourth-order valence-corrected chi connectivity index (χ4v) is 5.06. The van der Waals surface area contributed by atoms with E-state index in [1.54, 1.807) is 0 Å². The monoisotopic (exact) mass is 519 g/mol. The van der Waals surface area contributed by atoms with Gasteiger partial charge in [0.2, 0.25) is 0 Å². The second-order valence-electron chi connectivity index (χ2n) is 5.63. The van der Waals surface area contributed by atoms with Crippen LogP contribution in [-0.2, 0) is 38.1 Å². The highest BCUT2D eigenvalue weighted by atomic mass is 31.3. The summed E-state index contributed by atoms with van der Waals surface area (Å²) in [7, 11) is -16.7. The van der Waals surface area contributed by atoms with Gasteiger partial charge in [-0.15, -0.1) is 0 Å². The van der Waals surface area contributed by atoms with E-state index in [9.17, 15) is 37.3 Å². The molecule has 0 aliphatic carbocycles. The molecule has 0 aliphatic heterocycles. The Labute approximate surface area is 171 Å². The Bertz CT molecular complexity index is 970. The Morgan fingerprint density at radius 2 is 1.77 bits per heavy atom. The summed E-state index contributed by atoms with van der Waals surface area (Å²) in [5.41, 5.74) is 1.15. The lowest BCUT2D eigenvalue weighted by Gasteiger charge is -2.35. The summed E-state index contributed by atoms with van der Waals surface area (Å²) in [6.45, 7) is -2.55. The van der Waals surface area contributed by atoms with Gasteiger partial charge in [-0.05, 0) is 6.07 Å². The van der Waals surface area contributed by atoms with E-state index in [0.29, 0.717) is 11.7 Å². The zero-order valence-corrected chi connectivity index (χ0v) is 18.0. The highest BCUT2D eigenvalue weighted by Crippen LogP contribution is 2.66. The number of nitrogens with two attached hydrogens (primary N) is 1. The van der Waals surface area contributed by atoms with Gasteiger partial charge in [0.25, 0.3) is 6.43 Å². The van der Waals surface area contributed by atoms with E-state index < -0.39 is 60.4 Å². The van der Waals surface area contributed by atoms with Gasteiger partial charge in [0.15, 0.2) is 5.60 Å². The molecule has 7 N–H and O–H groups in total. The molecule has 31 heavy (non-hydrogen) atoms. The number of hydrogen-bond acceptors (Lipinski definition) is 11. The molecular weight excluding hydrogens is 501 g/mol. The number of aliphatic hydroxyl groups excluding tert-OH is 1. The third-order valence-electron chi connectivity index (χ3n) is 3.45. The van der Waals surface area contributed by atoms with Crippen molar-refractivity contribution in [3.05, 3.63) is 22.7 Å². The maximum absolute atomic E-state index is 13.7. The SMILES string of the molecule is CO[C@@](COP(=O)(O)OP(=O)(O)OP(=O)(O)O)(C(F)F)[C@@H](O)Cn1ccc(N)nc1=O. The summed E-state index contributed by atoms with van der Waals surface area (Å²) in [6.07, 6.45) is -4.92. The molecule has 16 nitrogen and oxygen atoms in total. The van der Waals surface area contributed by atoms with Crippen molar-refractivity contribution in [2.75, 3.05) is 19.5 Å². The first-order valence-corrected chi connectivity index (χ1v) is 12.1. The van der Waals surface area contributed by atoms with Gasteiger partial charge < -0.3 is 35.2 Å². The highest BCUT2D eigenvalue weighted by molar-refractivity contribution is 7.66. The average Bonchev–Trinajstić information content (AvgIpc) is 2.54. The van der Waals surface area contributed by atoms with Crippen LogP contribution in [-0.4, -0.2) is 66.1 Å². The highest BCUT2D eigenvalue weighted by Gasteiger charge is 2.50. The smallest absolute Gasteiger partial charge is 0.388 e. The summed E-state index contributed by atoms with van der Waals surface area (Å²) >= 11 is 0. The van der Waals surface area contributed by atoms with Crippen LogP contribution in [0.5, 0.6) is 0 Å². The number of aliphatic hydroxyl groups is 1. The molecule has 0 saturated carbocycles. The van der Waals surface area contributed by atoms with Crippen LogP contribution in [0, 0.1) is 0 Å². The molecule has 1 heterocycles. The normalized spacial score (nSPS) is 19.4. The van der Waals surface area contributed by atoms with Crippen molar-refractivity contribution in [3.8, 4) is 0 Å². The number of halogens is 2. The molecule has 1 aromatic rings. The van der Waals surface area contributed by atoms with Crippen molar-refractivity contribution in [2.45, 2.75) is 24.7 Å². The summed E-state index contributed by atoms with van der Waals surface area (Å²) in [5.74, 6) is -0.199. The second-order valence-corrected chi connectivity index (χ2v) is 10.0. The van der Waals surface area contributed by atoms with Crippen LogP contribution < -0.4 is 11.4 Å². The van der Waals surface area contributed by atoms with Crippen molar-refractivity contribution in [1.82, 2.24) is 9.55 Å². The Hall–Kier alpha value is -1.13. The number of aromatic nitrogens is 2. The molecule has 0 aromatic carbocycles. The third kappa shape index (κ3) is 8.38. The second kappa shape index (κ2) is 10.2. The predicted octanol–water partition coefficient (Wildman–Crippen LogP) is -0.820. The molecule has 4 atom stereocenters. The molecular formula is C10H18F2N3O13P3. The van der Waals surface area contributed by atoms with Crippen molar-refractivity contribution in [3.63, 3.8) is 0 Å². The van der Waals surface area contributed by atoms with Crippen molar-refractivity contribution < 1.29 is 65.0 Å². The van der Waals surface area contributed by atoms with Crippen molar-refractivity contribution in [1.29, 1.82) is 0 Å². The van der Waals surface area contributed by atoms with Crippen LogP contribution in [0.1, 0.15) is 0 Å². The van der Waals surface area contributed by atoms with E-state index in [0.717, 1.165) is 12.3 Å². The lowest BCUT2D eigenvalue weighted by Crippen LogP contribution is -2.56. The minimum atomic E-state index is -5.90. The van der Waals surface area contributed by atoms with Gasteiger partial charge in [0.05, 0.1) is 13.2 Å². The largest absolute Gasteiger partial charge is 0.490 e. The van der Waals surface area contributed by atoms with Crippen LogP contribution in [0.25, 0.3) is 0 Å². The molecule has 0 bridgehead atoms. The molecule has 0 spiro atoms. The van der Waals surface area contributed by atoms with Crippen LogP contribution >= 0.6 is 23.5 Å². The first-order chi connectivity index (χ1) is 13.9. The summed E-state index contributed by atoms with van der Waals surface area (Å²) < 4.78 is 77.2. The number of nitrogen functional groups attached to an aromatic ring is 1. The lowest BCUT2D eigenvalue weighted by molar-refractivity contribution is -0.199. The van der Waals surface area contributed by atoms with Gasteiger partial charge in [-0.3, -0.25) is 9.09 Å². The molecule has 2 unspecified atom stereocenters. The van der Waals surface area contributed by atoms with Gasteiger partial charge in [-0.1, -0.05) is 0 Å². The number of nitrogens with zero attached hydrogens (tertiary/aromatic N) is 2. The quantitative estimate of drug-likeness (QED) is 0.185. The van der Waals surface area contributed by atoms with E-state index in [-0.39, 0.29) is 5.82 Å². The summed E-state index contributed by atoms with van der Waals surface area (Å²) in [4.78, 5) is 50.4. The Kier molecular flexibility index (Phi) is 9.19. The van der Waals surface area contributed by atoms with Gasteiger partial charge >= 0.3 is 29.2 Å². The number of phosphoric acid groups is 3. The summed E-state index contributed by atoms with van der Waals surface area (Å²) in [6, 6.07) is 1.11. The molecule has 0 amide bonds. The van der Waals surface area contributed by atoms with Crippen LogP contribution in [0.3, 0.4) is 0 Å². The van der Waals surface area contributed by atoms with E-state index in [1.165, 1.54) is 0 Å². The van der Waals surface area contributed by atoms with Crippen molar-refractivity contribution in [2.24, 2.45) is 0 Å². The fourth-order valence-electron chi connectivity index (χ4n) is 2.00. The zero-order chi connectivity index (χ0) is 24.3. The van der Waals surface area contributed by atoms with Gasteiger partial charge in [-0.25, -0.2) is 27.3 Å².